The first-order chi connectivity index (χ1) is 9.46. The van der Waals surface area contributed by atoms with E-state index in [1.54, 1.807) is 24.3 Å². The number of carbonyl (C=O) groups is 2. The third-order valence-corrected chi connectivity index (χ3v) is 3.38. The zero-order valence-electron chi connectivity index (χ0n) is 11.7. The molecular formula is C14H19N2O4+. The Hall–Kier alpha value is -1.76. The van der Waals surface area contributed by atoms with E-state index in [9.17, 15) is 9.59 Å². The van der Waals surface area contributed by atoms with Crippen molar-refractivity contribution in [2.24, 2.45) is 0 Å². The predicted octanol–water partition coefficient (Wildman–Crippen LogP) is 0.283. The molecule has 0 aliphatic carbocycles. The molecule has 20 heavy (non-hydrogen) atoms. The Labute approximate surface area is 117 Å². The van der Waals surface area contributed by atoms with Crippen LogP contribution < -0.4 is 0 Å². The molecule has 1 aliphatic rings. The molecule has 0 fully saturated rings. The summed E-state index contributed by atoms with van der Waals surface area (Å²) in [6, 6.07) is 6.67. The van der Waals surface area contributed by atoms with Crippen LogP contribution in [-0.2, 0) is 4.84 Å². The van der Waals surface area contributed by atoms with E-state index in [-0.39, 0.29) is 13.2 Å². The largest absolute Gasteiger partial charge is 0.391 e. The van der Waals surface area contributed by atoms with E-state index in [1.807, 2.05) is 14.1 Å². The number of nitrogens with zero attached hydrogens (tertiary/aromatic N) is 2. The lowest BCUT2D eigenvalue weighted by Gasteiger charge is -2.29. The quantitative estimate of drug-likeness (QED) is 0.600. The first kappa shape index (κ1) is 14.6. The van der Waals surface area contributed by atoms with Crippen molar-refractivity contribution in [3.63, 3.8) is 0 Å². The molecule has 108 valence electrons. The lowest BCUT2D eigenvalue weighted by molar-refractivity contribution is -0.891. The number of likely N-dealkylation sites (N-methyl/N-ethyl adjacent to an activating group) is 1. The zero-order chi connectivity index (χ0) is 14.8. The number of amides is 2. The molecule has 0 saturated heterocycles. The Morgan fingerprint density at radius 2 is 1.65 bits per heavy atom. The van der Waals surface area contributed by atoms with Gasteiger partial charge in [0.15, 0.2) is 0 Å². The van der Waals surface area contributed by atoms with Gasteiger partial charge in [0.25, 0.3) is 11.8 Å². The number of fused-ring (bicyclic) bond motifs is 1. The van der Waals surface area contributed by atoms with Crippen molar-refractivity contribution in [2.75, 3.05) is 40.4 Å². The monoisotopic (exact) mass is 279 g/mol. The van der Waals surface area contributed by atoms with Crippen molar-refractivity contribution < 1.29 is 24.0 Å². The average Bonchev–Trinajstić information content (AvgIpc) is 2.64. The molecule has 1 aliphatic heterocycles. The maximum Gasteiger partial charge on any atom is 0.285 e. The maximum absolute atomic E-state index is 12.0. The van der Waals surface area contributed by atoms with Crippen LogP contribution in [0, 0.1) is 0 Å². The van der Waals surface area contributed by atoms with Crippen LogP contribution in [0.1, 0.15) is 20.7 Å². The van der Waals surface area contributed by atoms with Crippen LogP contribution in [0.3, 0.4) is 0 Å². The number of hydroxylamine groups is 2. The highest BCUT2D eigenvalue weighted by molar-refractivity contribution is 6.20. The molecule has 0 bridgehead atoms. The molecule has 1 heterocycles. The molecule has 0 saturated carbocycles. The first-order valence-electron chi connectivity index (χ1n) is 6.50. The number of hydrogen-bond acceptors (Lipinski definition) is 4. The Bertz CT molecular complexity index is 493. The number of aliphatic hydroxyl groups is 1. The fraction of sp³-hybridized carbons (Fsp3) is 0.429. The van der Waals surface area contributed by atoms with E-state index in [4.69, 9.17) is 9.94 Å². The van der Waals surface area contributed by atoms with Gasteiger partial charge in [-0.25, -0.2) is 0 Å². The van der Waals surface area contributed by atoms with Crippen LogP contribution in [0.2, 0.25) is 0 Å². The van der Waals surface area contributed by atoms with Crippen molar-refractivity contribution in [3.8, 4) is 0 Å². The van der Waals surface area contributed by atoms with Crippen LogP contribution >= 0.6 is 0 Å². The van der Waals surface area contributed by atoms with E-state index < -0.39 is 11.8 Å². The Morgan fingerprint density at radius 1 is 1.10 bits per heavy atom. The van der Waals surface area contributed by atoms with Gasteiger partial charge < -0.3 is 9.59 Å². The summed E-state index contributed by atoms with van der Waals surface area (Å²) >= 11 is 0. The summed E-state index contributed by atoms with van der Waals surface area (Å²) in [4.78, 5) is 29.4. The van der Waals surface area contributed by atoms with Crippen LogP contribution in [0.25, 0.3) is 0 Å². The molecule has 6 nitrogen and oxygen atoms in total. The molecule has 1 aromatic rings. The molecule has 1 N–H and O–H groups in total. The van der Waals surface area contributed by atoms with Gasteiger partial charge in [0, 0.05) is 0 Å². The number of rotatable bonds is 6. The van der Waals surface area contributed by atoms with Gasteiger partial charge in [-0.1, -0.05) is 12.1 Å². The third-order valence-electron chi connectivity index (χ3n) is 3.38. The molecule has 0 spiro atoms. The Morgan fingerprint density at radius 3 is 2.15 bits per heavy atom. The normalized spacial score (nSPS) is 14.8. The SMILES string of the molecule is C[N+](C)(CCO)CCON1C(=O)c2ccccc2C1=O. The highest BCUT2D eigenvalue weighted by atomic mass is 16.7. The van der Waals surface area contributed by atoms with Gasteiger partial charge in [-0.2, -0.15) is 0 Å². The summed E-state index contributed by atoms with van der Waals surface area (Å²) in [5.74, 6) is -0.837. The molecule has 2 rings (SSSR count). The number of benzene rings is 1. The maximum atomic E-state index is 12.0. The van der Waals surface area contributed by atoms with E-state index in [0.29, 0.717) is 28.7 Å². The van der Waals surface area contributed by atoms with Gasteiger partial charge in [-0.3, -0.25) is 14.4 Å². The molecule has 1 aromatic carbocycles. The van der Waals surface area contributed by atoms with E-state index >= 15 is 0 Å². The van der Waals surface area contributed by atoms with Gasteiger partial charge >= 0.3 is 0 Å². The Kier molecular flexibility index (Phi) is 4.17. The number of imide groups is 1. The highest BCUT2D eigenvalue weighted by Crippen LogP contribution is 2.22. The number of aliphatic hydroxyl groups excluding tert-OH is 1. The molecule has 2 amide bonds. The highest BCUT2D eigenvalue weighted by Gasteiger charge is 2.36. The summed E-state index contributed by atoms with van der Waals surface area (Å²) in [5.41, 5.74) is 0.753. The summed E-state index contributed by atoms with van der Waals surface area (Å²) in [6.45, 7) is 1.50. The number of hydrogen-bond donors (Lipinski definition) is 1. The number of quaternary nitrogens is 1. The second-order valence-corrected chi connectivity index (χ2v) is 5.39. The van der Waals surface area contributed by atoms with Crippen molar-refractivity contribution >= 4 is 11.8 Å². The second kappa shape index (κ2) is 5.70. The minimum atomic E-state index is -0.418. The Balaban J connectivity index is 1.96. The fourth-order valence-corrected chi connectivity index (χ4v) is 2.05. The first-order valence-corrected chi connectivity index (χ1v) is 6.50. The van der Waals surface area contributed by atoms with Crippen LogP contribution in [-0.4, -0.2) is 66.9 Å². The molecule has 0 unspecified atom stereocenters. The standard InChI is InChI=1S/C14H19N2O4/c1-16(2,7-9-17)8-10-20-15-13(18)11-5-3-4-6-12(11)14(15)19/h3-6,17H,7-10H2,1-2H3/q+1. The van der Waals surface area contributed by atoms with Crippen molar-refractivity contribution in [2.45, 2.75) is 0 Å². The van der Waals surface area contributed by atoms with Gasteiger partial charge in [0.05, 0.1) is 31.8 Å². The summed E-state index contributed by atoms with van der Waals surface area (Å²) in [5, 5.41) is 9.76. The lowest BCUT2D eigenvalue weighted by Crippen LogP contribution is -2.45. The van der Waals surface area contributed by atoms with E-state index in [2.05, 4.69) is 0 Å². The van der Waals surface area contributed by atoms with Crippen molar-refractivity contribution in [1.82, 2.24) is 5.06 Å². The van der Waals surface area contributed by atoms with Gasteiger partial charge in [0.2, 0.25) is 0 Å². The second-order valence-electron chi connectivity index (χ2n) is 5.39. The topological polar surface area (TPSA) is 66.8 Å². The smallest absolute Gasteiger partial charge is 0.285 e. The van der Waals surface area contributed by atoms with Crippen molar-refractivity contribution in [1.29, 1.82) is 0 Å². The van der Waals surface area contributed by atoms with Crippen LogP contribution in [0.15, 0.2) is 24.3 Å². The fourth-order valence-electron chi connectivity index (χ4n) is 2.05. The molecular weight excluding hydrogens is 260 g/mol. The minimum absolute atomic E-state index is 0.0833. The summed E-state index contributed by atoms with van der Waals surface area (Å²) in [7, 11) is 3.89. The molecule has 6 heteroatoms. The van der Waals surface area contributed by atoms with Crippen molar-refractivity contribution in [3.05, 3.63) is 35.4 Å². The molecule has 0 atom stereocenters. The summed E-state index contributed by atoms with van der Waals surface area (Å²) in [6.07, 6.45) is 0. The van der Waals surface area contributed by atoms with E-state index in [0.717, 1.165) is 5.06 Å². The molecule has 0 radical (unpaired) electrons. The minimum Gasteiger partial charge on any atom is -0.391 e. The average molecular weight is 279 g/mol. The number of carbonyl (C=O) groups excluding carboxylic acids is 2. The van der Waals surface area contributed by atoms with E-state index in [1.165, 1.54) is 0 Å². The zero-order valence-corrected chi connectivity index (χ0v) is 11.7. The van der Waals surface area contributed by atoms with Crippen LogP contribution in [0.4, 0.5) is 0 Å². The van der Waals surface area contributed by atoms with Gasteiger partial charge in [-0.05, 0) is 12.1 Å². The van der Waals surface area contributed by atoms with Gasteiger partial charge in [-0.15, -0.1) is 5.06 Å². The van der Waals surface area contributed by atoms with Gasteiger partial charge in [0.1, 0.15) is 19.7 Å². The molecule has 0 aromatic heterocycles. The summed E-state index contributed by atoms with van der Waals surface area (Å²) < 4.78 is 0.555. The van der Waals surface area contributed by atoms with Crippen LogP contribution in [0.5, 0.6) is 0 Å². The predicted molar refractivity (Wildman–Crippen MR) is 71.8 cm³/mol. The lowest BCUT2D eigenvalue weighted by atomic mass is 10.1. The third kappa shape index (κ3) is 2.87.